The van der Waals surface area contributed by atoms with Crippen molar-refractivity contribution in [3.8, 4) is 0 Å². The molecular weight excluding hydrogens is 320 g/mol. The molecule has 3 aromatic rings. The Bertz CT molecular complexity index is 991. The fourth-order valence-corrected chi connectivity index (χ4v) is 4.15. The Kier molecular flexibility index (Phi) is 4.41. The van der Waals surface area contributed by atoms with Crippen LogP contribution in [0.3, 0.4) is 0 Å². The minimum absolute atomic E-state index is 0.236. The van der Waals surface area contributed by atoms with Gasteiger partial charge in [-0.05, 0) is 57.9 Å². The lowest BCUT2D eigenvalue weighted by Gasteiger charge is -2.03. The second-order valence-electron chi connectivity index (χ2n) is 5.96. The van der Waals surface area contributed by atoms with Gasteiger partial charge in [0.1, 0.15) is 5.69 Å². The molecule has 0 fully saturated rings. The van der Waals surface area contributed by atoms with E-state index in [1.54, 1.807) is 22.1 Å². The Labute approximate surface area is 145 Å². The largest absolute Gasteiger partial charge is 0.317 e. The van der Waals surface area contributed by atoms with Gasteiger partial charge in [-0.3, -0.25) is 9.48 Å². The number of carbonyl (C=O) groups is 1. The summed E-state index contributed by atoms with van der Waals surface area (Å²) in [6, 6.07) is 6.13. The summed E-state index contributed by atoms with van der Waals surface area (Å²) in [5, 5.41) is 4.34. The van der Waals surface area contributed by atoms with Crippen molar-refractivity contribution in [1.29, 1.82) is 0 Å². The van der Waals surface area contributed by atoms with Crippen LogP contribution in [-0.4, -0.2) is 20.3 Å². The number of amides is 1. The van der Waals surface area contributed by atoms with Crippen molar-refractivity contribution in [2.45, 2.75) is 47.7 Å². The zero-order chi connectivity index (χ0) is 17.4. The van der Waals surface area contributed by atoms with E-state index in [0.29, 0.717) is 12.2 Å². The van der Waals surface area contributed by atoms with E-state index >= 15 is 0 Å². The van der Waals surface area contributed by atoms with Gasteiger partial charge in [-0.2, -0.15) is 10.1 Å². The topological polar surface area (TPSA) is 52.2 Å². The molecule has 1 amide bonds. The molecule has 0 aliphatic carbocycles. The third kappa shape index (κ3) is 2.82. The van der Waals surface area contributed by atoms with Crippen LogP contribution < -0.4 is 4.80 Å². The molecule has 126 valence electrons. The molecular formula is C18H22N4OS. The molecule has 0 bridgehead atoms. The highest BCUT2D eigenvalue weighted by Crippen LogP contribution is 2.23. The molecule has 0 aliphatic heterocycles. The van der Waals surface area contributed by atoms with Crippen molar-refractivity contribution in [2.75, 3.05) is 0 Å². The number of nitrogens with zero attached hydrogens (tertiary/aromatic N) is 4. The third-order valence-electron chi connectivity index (χ3n) is 4.05. The number of fused-ring (bicyclic) bond motifs is 1. The summed E-state index contributed by atoms with van der Waals surface area (Å²) in [7, 11) is 0. The van der Waals surface area contributed by atoms with Crippen LogP contribution in [0.2, 0.25) is 0 Å². The molecule has 0 unspecified atom stereocenters. The van der Waals surface area contributed by atoms with Crippen LogP contribution in [0.25, 0.3) is 10.2 Å². The molecule has 0 saturated carbocycles. The van der Waals surface area contributed by atoms with Crippen LogP contribution in [0, 0.1) is 20.8 Å². The highest BCUT2D eigenvalue weighted by Gasteiger charge is 2.14. The zero-order valence-electron chi connectivity index (χ0n) is 14.8. The van der Waals surface area contributed by atoms with E-state index in [-0.39, 0.29) is 5.91 Å². The van der Waals surface area contributed by atoms with E-state index in [1.807, 2.05) is 13.8 Å². The van der Waals surface area contributed by atoms with Crippen molar-refractivity contribution in [3.05, 3.63) is 45.5 Å². The number of hydrogen-bond donors (Lipinski definition) is 0. The first kappa shape index (κ1) is 16.6. The summed E-state index contributed by atoms with van der Waals surface area (Å²) in [5.74, 6) is -0.236. The second-order valence-corrected chi connectivity index (χ2v) is 6.94. The Morgan fingerprint density at radius 2 is 1.92 bits per heavy atom. The van der Waals surface area contributed by atoms with E-state index in [0.717, 1.165) is 22.6 Å². The number of hydrogen-bond acceptors (Lipinski definition) is 3. The van der Waals surface area contributed by atoms with Crippen LogP contribution in [0.4, 0.5) is 0 Å². The Morgan fingerprint density at radius 3 is 2.58 bits per heavy atom. The quantitative estimate of drug-likeness (QED) is 0.730. The van der Waals surface area contributed by atoms with Gasteiger partial charge >= 0.3 is 0 Å². The van der Waals surface area contributed by atoms with Crippen molar-refractivity contribution < 1.29 is 4.79 Å². The standard InChI is InChI=1S/C18H22N4OS/c1-6-21-14-9-11(3)8-12(4)16(14)24-18(21)19-17(23)15-10-13(5)20-22(15)7-2/h8-10H,6-7H2,1-5H3. The molecule has 2 heterocycles. The minimum Gasteiger partial charge on any atom is -0.317 e. The minimum atomic E-state index is -0.236. The number of carbonyl (C=O) groups excluding carboxylic acids is 1. The van der Waals surface area contributed by atoms with Crippen LogP contribution in [0.5, 0.6) is 0 Å². The summed E-state index contributed by atoms with van der Waals surface area (Å²) in [6.45, 7) is 11.6. The summed E-state index contributed by atoms with van der Waals surface area (Å²) >= 11 is 1.57. The first-order valence-corrected chi connectivity index (χ1v) is 9.00. The fraction of sp³-hybridized carbons (Fsp3) is 0.389. The van der Waals surface area contributed by atoms with E-state index in [2.05, 4.69) is 47.6 Å². The van der Waals surface area contributed by atoms with Crippen LogP contribution in [0.1, 0.15) is 41.2 Å². The molecule has 5 nitrogen and oxygen atoms in total. The Balaban J connectivity index is 2.19. The number of aromatic nitrogens is 3. The predicted octanol–water partition coefficient (Wildman–Crippen LogP) is 3.61. The lowest BCUT2D eigenvalue weighted by Crippen LogP contribution is -2.17. The summed E-state index contributed by atoms with van der Waals surface area (Å²) < 4.78 is 5.01. The average molecular weight is 342 g/mol. The van der Waals surface area contributed by atoms with Crippen LogP contribution >= 0.6 is 11.3 Å². The molecule has 0 atom stereocenters. The van der Waals surface area contributed by atoms with E-state index in [1.165, 1.54) is 15.8 Å². The second kappa shape index (κ2) is 6.36. The van der Waals surface area contributed by atoms with Gasteiger partial charge in [-0.15, -0.1) is 0 Å². The van der Waals surface area contributed by atoms with Crippen molar-refractivity contribution >= 4 is 27.5 Å². The first-order chi connectivity index (χ1) is 11.4. The van der Waals surface area contributed by atoms with Crippen molar-refractivity contribution in [3.63, 3.8) is 0 Å². The molecule has 1 aromatic carbocycles. The lowest BCUT2D eigenvalue weighted by molar-refractivity contribution is 0.0987. The maximum absolute atomic E-state index is 12.7. The van der Waals surface area contributed by atoms with Gasteiger partial charge < -0.3 is 4.57 Å². The molecule has 0 aliphatic rings. The highest BCUT2D eigenvalue weighted by molar-refractivity contribution is 7.16. The molecule has 0 radical (unpaired) electrons. The number of benzene rings is 1. The van der Waals surface area contributed by atoms with Gasteiger partial charge in [0, 0.05) is 13.1 Å². The Hall–Kier alpha value is -2.21. The fourth-order valence-electron chi connectivity index (χ4n) is 3.01. The van der Waals surface area contributed by atoms with Crippen molar-refractivity contribution in [2.24, 2.45) is 4.99 Å². The molecule has 0 spiro atoms. The zero-order valence-corrected chi connectivity index (χ0v) is 15.6. The maximum atomic E-state index is 12.7. The smallest absolute Gasteiger partial charge is 0.297 e. The van der Waals surface area contributed by atoms with Gasteiger partial charge in [0.15, 0.2) is 4.80 Å². The molecule has 0 N–H and O–H groups in total. The SMILES string of the molecule is CCn1nc(C)cc1C(=O)N=c1sc2c(C)cc(C)cc2n1CC. The normalized spacial score (nSPS) is 12.3. The average Bonchev–Trinajstić information content (AvgIpc) is 3.07. The Morgan fingerprint density at radius 1 is 1.17 bits per heavy atom. The van der Waals surface area contributed by atoms with Crippen LogP contribution in [0.15, 0.2) is 23.2 Å². The third-order valence-corrected chi connectivity index (χ3v) is 5.28. The van der Waals surface area contributed by atoms with Gasteiger partial charge in [-0.1, -0.05) is 17.4 Å². The van der Waals surface area contributed by atoms with Gasteiger partial charge in [0.25, 0.3) is 5.91 Å². The van der Waals surface area contributed by atoms with Crippen molar-refractivity contribution in [1.82, 2.24) is 14.3 Å². The summed E-state index contributed by atoms with van der Waals surface area (Å²) in [6.07, 6.45) is 0. The maximum Gasteiger partial charge on any atom is 0.297 e. The van der Waals surface area contributed by atoms with E-state index < -0.39 is 0 Å². The van der Waals surface area contributed by atoms with Gasteiger partial charge in [-0.25, -0.2) is 0 Å². The van der Waals surface area contributed by atoms with Gasteiger partial charge in [0.05, 0.1) is 15.9 Å². The van der Waals surface area contributed by atoms with Gasteiger partial charge in [0.2, 0.25) is 0 Å². The summed E-state index contributed by atoms with van der Waals surface area (Å²) in [5.41, 5.74) is 4.97. The molecule has 6 heteroatoms. The predicted molar refractivity (Wildman–Crippen MR) is 97.5 cm³/mol. The first-order valence-electron chi connectivity index (χ1n) is 8.18. The van der Waals surface area contributed by atoms with E-state index in [4.69, 9.17) is 0 Å². The molecule has 0 saturated heterocycles. The molecule has 2 aromatic heterocycles. The van der Waals surface area contributed by atoms with Crippen LogP contribution in [-0.2, 0) is 13.1 Å². The van der Waals surface area contributed by atoms with E-state index in [9.17, 15) is 4.79 Å². The number of aryl methyl sites for hydroxylation is 5. The monoisotopic (exact) mass is 342 g/mol. The highest BCUT2D eigenvalue weighted by atomic mass is 32.1. The number of thiazole rings is 1. The summed E-state index contributed by atoms with van der Waals surface area (Å²) in [4.78, 5) is 17.8. The molecule has 3 rings (SSSR count). The number of rotatable bonds is 3. The molecule has 24 heavy (non-hydrogen) atoms. The lowest BCUT2D eigenvalue weighted by atomic mass is 10.1.